The lowest BCUT2D eigenvalue weighted by atomic mass is 9.83. The summed E-state index contributed by atoms with van der Waals surface area (Å²) in [6.07, 6.45) is 2.00. The summed E-state index contributed by atoms with van der Waals surface area (Å²) < 4.78 is 33.8. The summed E-state index contributed by atoms with van der Waals surface area (Å²) in [4.78, 5) is 2.50. The van der Waals surface area contributed by atoms with Gasteiger partial charge < -0.3 is 0 Å². The van der Waals surface area contributed by atoms with Crippen molar-refractivity contribution >= 4 is 17.8 Å². The highest BCUT2D eigenvalue weighted by Crippen LogP contribution is 2.43. The highest BCUT2D eigenvalue weighted by atomic mass is 32.2. The van der Waals surface area contributed by atoms with Gasteiger partial charge in [-0.15, -0.1) is 0 Å². The van der Waals surface area contributed by atoms with Crippen molar-refractivity contribution in [1.29, 1.82) is 0 Å². The van der Waals surface area contributed by atoms with Crippen LogP contribution in [-0.4, -0.2) is 29.6 Å². The summed E-state index contributed by atoms with van der Waals surface area (Å²) in [5.41, 5.74) is 3.63. The zero-order chi connectivity index (χ0) is 22.1. The molecule has 6 heteroatoms. The topological polar surface area (TPSA) is 18.5 Å². The third-order valence-electron chi connectivity index (χ3n) is 6.69. The van der Waals surface area contributed by atoms with Crippen LogP contribution in [0.15, 0.2) is 72.8 Å². The van der Waals surface area contributed by atoms with Gasteiger partial charge in [-0.25, -0.2) is 13.5 Å². The van der Waals surface area contributed by atoms with Crippen molar-refractivity contribution in [3.63, 3.8) is 0 Å². The predicted octanol–water partition coefficient (Wildman–Crippen LogP) is 6.03. The maximum absolute atomic E-state index is 14.3. The van der Waals surface area contributed by atoms with Crippen molar-refractivity contribution in [3.05, 3.63) is 90.0 Å². The van der Waals surface area contributed by atoms with Crippen molar-refractivity contribution < 1.29 is 8.78 Å². The van der Waals surface area contributed by atoms with Gasteiger partial charge >= 0.3 is 0 Å². The Morgan fingerprint density at radius 3 is 2.69 bits per heavy atom. The lowest BCUT2D eigenvalue weighted by Crippen LogP contribution is -2.56. The summed E-state index contributed by atoms with van der Waals surface area (Å²) in [5.74, 6) is -0.396. The molecule has 5 rings (SSSR count). The van der Waals surface area contributed by atoms with Crippen LogP contribution in [0.1, 0.15) is 25.3 Å². The molecule has 2 saturated heterocycles. The average Bonchev–Trinajstić information content (AvgIpc) is 3.19. The molecule has 0 radical (unpaired) electrons. The number of benzene rings is 3. The maximum Gasteiger partial charge on any atom is 0.131 e. The van der Waals surface area contributed by atoms with E-state index in [4.69, 9.17) is 0 Å². The van der Waals surface area contributed by atoms with Gasteiger partial charge in [0.25, 0.3) is 0 Å². The van der Waals surface area contributed by atoms with Crippen molar-refractivity contribution in [2.24, 2.45) is 0 Å². The SMILES string of the molecule is C[C@H]1C[C@]2(CCN1Cc1cccc(-c3ccccc3F)c1)CNSN2c1cccc(F)c1. The Morgan fingerprint density at radius 1 is 1.03 bits per heavy atom. The molecule has 3 nitrogen and oxygen atoms in total. The lowest BCUT2D eigenvalue weighted by molar-refractivity contribution is 0.106. The largest absolute Gasteiger partial charge is 0.296 e. The minimum absolute atomic E-state index is 0.0244. The van der Waals surface area contributed by atoms with Crippen LogP contribution in [0.3, 0.4) is 0 Å². The van der Waals surface area contributed by atoms with E-state index in [1.807, 2.05) is 30.3 Å². The second-order valence-corrected chi connectivity index (χ2v) is 9.70. The van der Waals surface area contributed by atoms with E-state index in [0.717, 1.165) is 43.7 Å². The third kappa shape index (κ3) is 4.15. The molecule has 0 aliphatic carbocycles. The molecule has 2 aliphatic heterocycles. The van der Waals surface area contributed by atoms with Gasteiger partial charge in [-0.1, -0.05) is 42.5 Å². The van der Waals surface area contributed by atoms with Gasteiger partial charge in [-0.3, -0.25) is 9.21 Å². The molecule has 32 heavy (non-hydrogen) atoms. The first-order valence-electron chi connectivity index (χ1n) is 11.1. The maximum atomic E-state index is 14.3. The number of nitrogens with one attached hydrogen (secondary N) is 1. The van der Waals surface area contributed by atoms with Gasteiger partial charge in [-0.05, 0) is 61.2 Å². The minimum atomic E-state index is -0.203. The van der Waals surface area contributed by atoms with E-state index in [1.54, 1.807) is 30.3 Å². The van der Waals surface area contributed by atoms with Crippen molar-refractivity contribution in [3.8, 4) is 11.1 Å². The Bertz CT molecular complexity index is 1110. The fourth-order valence-electron chi connectivity index (χ4n) is 5.03. The standard InChI is InChI=1S/C26H27F2N3S/c1-19-16-26(18-29-32-31(26)23-9-5-8-22(27)15-23)12-13-30(19)17-20-6-4-7-21(14-20)24-10-2-3-11-25(24)28/h2-11,14-15,19,29H,12-13,16-18H2,1H3/t19-,26+/m0/s1. The molecule has 1 N–H and O–H groups in total. The number of nitrogens with zero attached hydrogens (tertiary/aromatic N) is 2. The quantitative estimate of drug-likeness (QED) is 0.488. The van der Waals surface area contributed by atoms with Crippen LogP contribution in [0.2, 0.25) is 0 Å². The summed E-state index contributed by atoms with van der Waals surface area (Å²) in [5, 5.41) is 0. The molecule has 2 heterocycles. The fraction of sp³-hybridized carbons (Fsp3) is 0.308. The van der Waals surface area contributed by atoms with Gasteiger partial charge in [0.05, 0.1) is 11.2 Å². The Morgan fingerprint density at radius 2 is 1.88 bits per heavy atom. The molecule has 3 aromatic rings. The first kappa shape index (κ1) is 21.4. The van der Waals surface area contributed by atoms with Gasteiger partial charge in [0, 0.05) is 43.4 Å². The number of likely N-dealkylation sites (tertiary alicyclic amines) is 1. The molecule has 2 atom stereocenters. The number of halogens is 2. The normalized spacial score (nSPS) is 23.7. The molecule has 3 aromatic carbocycles. The van der Waals surface area contributed by atoms with E-state index in [-0.39, 0.29) is 17.2 Å². The van der Waals surface area contributed by atoms with Crippen LogP contribution in [-0.2, 0) is 6.54 Å². The summed E-state index contributed by atoms with van der Waals surface area (Å²) in [6.45, 7) is 4.95. The first-order valence-corrected chi connectivity index (χ1v) is 11.8. The minimum Gasteiger partial charge on any atom is -0.296 e. The summed E-state index contributed by atoms with van der Waals surface area (Å²) >= 11 is 1.58. The van der Waals surface area contributed by atoms with E-state index < -0.39 is 0 Å². The fourth-order valence-corrected chi connectivity index (χ4v) is 6.13. The third-order valence-corrected chi connectivity index (χ3v) is 7.75. The van der Waals surface area contributed by atoms with Crippen molar-refractivity contribution in [2.75, 3.05) is 17.4 Å². The average molecular weight is 452 g/mol. The van der Waals surface area contributed by atoms with Gasteiger partial charge in [0.15, 0.2) is 0 Å². The monoisotopic (exact) mass is 451 g/mol. The van der Waals surface area contributed by atoms with E-state index in [1.165, 1.54) is 17.7 Å². The highest BCUT2D eigenvalue weighted by Gasteiger charge is 2.46. The second-order valence-electron chi connectivity index (χ2n) is 8.86. The number of anilines is 1. The molecule has 0 unspecified atom stereocenters. The van der Waals surface area contributed by atoms with Crippen LogP contribution < -0.4 is 9.03 Å². The van der Waals surface area contributed by atoms with Gasteiger partial charge in [0.1, 0.15) is 11.6 Å². The molecule has 0 saturated carbocycles. The van der Waals surface area contributed by atoms with Crippen molar-refractivity contribution in [2.45, 2.75) is 37.9 Å². The molecule has 0 bridgehead atoms. The molecule has 2 aliphatic rings. The van der Waals surface area contributed by atoms with E-state index in [0.29, 0.717) is 11.6 Å². The lowest BCUT2D eigenvalue weighted by Gasteiger charge is -2.47. The summed E-state index contributed by atoms with van der Waals surface area (Å²) in [6, 6.07) is 22.4. The Balaban J connectivity index is 1.31. The van der Waals surface area contributed by atoms with Crippen LogP contribution in [0.4, 0.5) is 14.5 Å². The van der Waals surface area contributed by atoms with E-state index in [9.17, 15) is 8.78 Å². The van der Waals surface area contributed by atoms with Crippen LogP contribution in [0.5, 0.6) is 0 Å². The molecule has 0 aromatic heterocycles. The summed E-state index contributed by atoms with van der Waals surface area (Å²) in [7, 11) is 0. The second kappa shape index (κ2) is 8.85. The molecule has 2 fully saturated rings. The zero-order valence-electron chi connectivity index (χ0n) is 18.1. The molecular weight excluding hydrogens is 424 g/mol. The number of hydrogen-bond donors (Lipinski definition) is 1. The van der Waals surface area contributed by atoms with Crippen LogP contribution in [0, 0.1) is 11.6 Å². The zero-order valence-corrected chi connectivity index (χ0v) is 18.9. The van der Waals surface area contributed by atoms with E-state index in [2.05, 4.69) is 33.0 Å². The van der Waals surface area contributed by atoms with Crippen LogP contribution >= 0.6 is 12.1 Å². The Hall–Kier alpha value is -2.41. The Labute approximate surface area is 192 Å². The number of piperidine rings is 1. The van der Waals surface area contributed by atoms with Crippen LogP contribution in [0.25, 0.3) is 11.1 Å². The Kier molecular flexibility index (Phi) is 5.93. The van der Waals surface area contributed by atoms with Crippen molar-refractivity contribution in [1.82, 2.24) is 9.62 Å². The van der Waals surface area contributed by atoms with Gasteiger partial charge in [0.2, 0.25) is 0 Å². The van der Waals surface area contributed by atoms with Gasteiger partial charge in [-0.2, -0.15) is 0 Å². The number of rotatable bonds is 4. The molecule has 1 spiro atoms. The highest BCUT2D eigenvalue weighted by molar-refractivity contribution is 7.99. The smallest absolute Gasteiger partial charge is 0.131 e. The number of hydrogen-bond acceptors (Lipinski definition) is 4. The molecule has 166 valence electrons. The first-order chi connectivity index (χ1) is 15.5. The molecular formula is C26H27F2N3S. The van der Waals surface area contributed by atoms with E-state index >= 15 is 0 Å². The molecule has 0 amide bonds. The predicted molar refractivity (Wildman–Crippen MR) is 128 cm³/mol.